The average molecular weight is 466 g/mol. The Labute approximate surface area is 194 Å². The van der Waals surface area contributed by atoms with Crippen molar-refractivity contribution in [3.63, 3.8) is 0 Å². The van der Waals surface area contributed by atoms with Gasteiger partial charge >= 0.3 is 5.76 Å². The summed E-state index contributed by atoms with van der Waals surface area (Å²) in [6, 6.07) is 18.2. The summed E-state index contributed by atoms with van der Waals surface area (Å²) < 4.78 is 20.2. The van der Waals surface area contributed by atoms with Gasteiger partial charge in [-0.2, -0.15) is 0 Å². The van der Waals surface area contributed by atoms with Crippen molar-refractivity contribution in [1.29, 1.82) is 0 Å². The zero-order chi connectivity index (χ0) is 22.9. The Hall–Kier alpha value is -3.42. The molecule has 3 aromatic carbocycles. The molecule has 33 heavy (non-hydrogen) atoms. The second kappa shape index (κ2) is 8.84. The van der Waals surface area contributed by atoms with Crippen LogP contribution in [0.5, 0.6) is 0 Å². The number of anilines is 1. The molecule has 0 aliphatic carbocycles. The third-order valence-electron chi connectivity index (χ3n) is 5.94. The number of nitrogens with zero attached hydrogens (tertiary/aromatic N) is 3. The van der Waals surface area contributed by atoms with Crippen molar-refractivity contribution in [3.8, 4) is 0 Å². The van der Waals surface area contributed by atoms with Crippen LogP contribution in [0.15, 0.2) is 75.9 Å². The van der Waals surface area contributed by atoms with Gasteiger partial charge in [-0.15, -0.1) is 0 Å². The van der Waals surface area contributed by atoms with E-state index in [9.17, 15) is 14.0 Å². The van der Waals surface area contributed by atoms with Crippen LogP contribution in [-0.2, 0) is 6.67 Å². The van der Waals surface area contributed by atoms with Gasteiger partial charge in [-0.1, -0.05) is 11.6 Å². The van der Waals surface area contributed by atoms with Crippen molar-refractivity contribution in [2.75, 3.05) is 31.1 Å². The second-order valence-corrected chi connectivity index (χ2v) is 8.47. The van der Waals surface area contributed by atoms with Crippen LogP contribution in [0, 0.1) is 5.82 Å². The van der Waals surface area contributed by atoms with E-state index in [0.717, 1.165) is 31.9 Å². The van der Waals surface area contributed by atoms with E-state index < -0.39 is 5.76 Å². The Morgan fingerprint density at radius 2 is 1.58 bits per heavy atom. The molecule has 0 unspecified atom stereocenters. The number of fused-ring (bicyclic) bond motifs is 1. The molecule has 1 aliphatic heterocycles. The Kier molecular flexibility index (Phi) is 5.74. The molecule has 4 aromatic rings. The van der Waals surface area contributed by atoms with Gasteiger partial charge in [-0.05, 0) is 66.7 Å². The molecule has 0 atom stereocenters. The number of rotatable bonds is 5. The summed E-state index contributed by atoms with van der Waals surface area (Å²) in [7, 11) is 0. The van der Waals surface area contributed by atoms with E-state index in [1.165, 1.54) is 12.1 Å². The molecule has 1 aromatic heterocycles. The van der Waals surface area contributed by atoms with Crippen molar-refractivity contribution in [2.24, 2.45) is 0 Å². The quantitative estimate of drug-likeness (QED) is 0.409. The molecular weight excluding hydrogens is 445 g/mol. The van der Waals surface area contributed by atoms with Gasteiger partial charge in [0.15, 0.2) is 11.4 Å². The van der Waals surface area contributed by atoms with Crippen molar-refractivity contribution in [3.05, 3.63) is 99.2 Å². The largest absolute Gasteiger partial charge is 0.421 e. The summed E-state index contributed by atoms with van der Waals surface area (Å²) >= 11 is 5.92. The molecule has 2 heterocycles. The minimum absolute atomic E-state index is 0.151. The Bertz CT molecular complexity index is 1350. The van der Waals surface area contributed by atoms with E-state index in [1.54, 1.807) is 59.2 Å². The highest BCUT2D eigenvalue weighted by Gasteiger charge is 2.20. The first-order chi connectivity index (χ1) is 16.0. The molecule has 0 N–H and O–H groups in total. The predicted molar refractivity (Wildman–Crippen MR) is 126 cm³/mol. The normalized spacial score (nSPS) is 14.7. The number of carbonyl (C=O) groups is 1. The molecule has 1 fully saturated rings. The monoisotopic (exact) mass is 465 g/mol. The lowest BCUT2D eigenvalue weighted by molar-refractivity contribution is 0.103. The molecule has 0 spiro atoms. The van der Waals surface area contributed by atoms with Crippen LogP contribution in [0.2, 0.25) is 5.02 Å². The Morgan fingerprint density at radius 1 is 0.909 bits per heavy atom. The zero-order valence-corrected chi connectivity index (χ0v) is 18.5. The molecular formula is C25H21ClFN3O3. The van der Waals surface area contributed by atoms with Gasteiger partial charge < -0.3 is 9.32 Å². The third-order valence-corrected chi connectivity index (χ3v) is 6.19. The fourth-order valence-electron chi connectivity index (χ4n) is 4.10. The maximum atomic E-state index is 13.2. The SMILES string of the molecule is O=C(c1ccc(Cl)cc1)c1ccc2oc(=O)n(CN3CCN(c4ccc(F)cc4)CC3)c2c1. The minimum Gasteiger partial charge on any atom is -0.408 e. The number of carbonyl (C=O) groups excluding carboxylic acids is 1. The molecule has 6 nitrogen and oxygen atoms in total. The summed E-state index contributed by atoms with van der Waals surface area (Å²) in [4.78, 5) is 29.8. The summed E-state index contributed by atoms with van der Waals surface area (Å²) in [5.41, 5.74) is 3.00. The highest BCUT2D eigenvalue weighted by atomic mass is 35.5. The van der Waals surface area contributed by atoms with E-state index in [4.69, 9.17) is 16.0 Å². The van der Waals surface area contributed by atoms with Crippen LogP contribution in [-0.4, -0.2) is 41.4 Å². The summed E-state index contributed by atoms with van der Waals surface area (Å²) in [6.45, 7) is 3.36. The highest BCUT2D eigenvalue weighted by Crippen LogP contribution is 2.21. The number of benzene rings is 3. The summed E-state index contributed by atoms with van der Waals surface area (Å²) in [5, 5.41) is 0.560. The molecule has 5 rings (SSSR count). The Morgan fingerprint density at radius 3 is 2.27 bits per heavy atom. The lowest BCUT2D eigenvalue weighted by Gasteiger charge is -2.36. The number of halogens is 2. The lowest BCUT2D eigenvalue weighted by atomic mass is 10.0. The van der Waals surface area contributed by atoms with Crippen LogP contribution in [0.4, 0.5) is 10.1 Å². The number of ketones is 1. The van der Waals surface area contributed by atoms with E-state index in [2.05, 4.69) is 9.80 Å². The molecule has 0 bridgehead atoms. The van der Waals surface area contributed by atoms with Crippen molar-refractivity contribution in [2.45, 2.75) is 6.67 Å². The fraction of sp³-hybridized carbons (Fsp3) is 0.200. The Balaban J connectivity index is 1.34. The number of hydrogen-bond donors (Lipinski definition) is 0. The maximum Gasteiger partial charge on any atom is 0.421 e. The van der Waals surface area contributed by atoms with E-state index in [1.807, 2.05) is 0 Å². The first-order valence-electron chi connectivity index (χ1n) is 10.6. The van der Waals surface area contributed by atoms with Crippen molar-refractivity contribution < 1.29 is 13.6 Å². The van der Waals surface area contributed by atoms with Crippen LogP contribution in [0.25, 0.3) is 11.1 Å². The maximum absolute atomic E-state index is 13.2. The highest BCUT2D eigenvalue weighted by molar-refractivity contribution is 6.30. The van der Waals surface area contributed by atoms with E-state index in [-0.39, 0.29) is 11.6 Å². The van der Waals surface area contributed by atoms with Crippen LogP contribution in [0.3, 0.4) is 0 Å². The van der Waals surface area contributed by atoms with Gasteiger partial charge in [-0.3, -0.25) is 14.3 Å². The first kappa shape index (κ1) is 21.4. The molecule has 1 saturated heterocycles. The lowest BCUT2D eigenvalue weighted by Crippen LogP contribution is -2.47. The predicted octanol–water partition coefficient (Wildman–Crippen LogP) is 4.40. The fourth-order valence-corrected chi connectivity index (χ4v) is 4.23. The van der Waals surface area contributed by atoms with Crippen molar-refractivity contribution in [1.82, 2.24) is 9.47 Å². The zero-order valence-electron chi connectivity index (χ0n) is 17.7. The van der Waals surface area contributed by atoms with Gasteiger partial charge in [0.2, 0.25) is 0 Å². The minimum atomic E-state index is -0.456. The number of oxazole rings is 1. The van der Waals surface area contributed by atoms with Crippen LogP contribution < -0.4 is 10.7 Å². The average Bonchev–Trinajstić information content (AvgIpc) is 3.14. The molecule has 0 saturated carbocycles. The van der Waals surface area contributed by atoms with E-state index in [0.29, 0.717) is 33.9 Å². The van der Waals surface area contributed by atoms with Gasteiger partial charge in [0, 0.05) is 48.0 Å². The van der Waals surface area contributed by atoms with E-state index >= 15 is 0 Å². The molecule has 8 heteroatoms. The number of piperazine rings is 1. The van der Waals surface area contributed by atoms with Crippen molar-refractivity contribution >= 4 is 34.2 Å². The van der Waals surface area contributed by atoms with Crippen LogP contribution in [0.1, 0.15) is 15.9 Å². The smallest absolute Gasteiger partial charge is 0.408 e. The third kappa shape index (κ3) is 4.42. The standard InChI is InChI=1S/C25H21ClFN3O3/c26-19-4-1-17(2-5-19)24(31)18-3-10-23-22(15-18)30(25(32)33-23)16-28-11-13-29(14-12-28)21-8-6-20(27)7-9-21/h1-10,15H,11-14,16H2. The summed E-state index contributed by atoms with van der Waals surface area (Å²) in [6.07, 6.45) is 0. The first-order valence-corrected chi connectivity index (χ1v) is 11.0. The van der Waals surface area contributed by atoms with Gasteiger partial charge in [0.1, 0.15) is 5.82 Å². The van der Waals surface area contributed by atoms with Gasteiger partial charge in [0.25, 0.3) is 0 Å². The second-order valence-electron chi connectivity index (χ2n) is 8.04. The van der Waals surface area contributed by atoms with Gasteiger partial charge in [-0.25, -0.2) is 9.18 Å². The number of aromatic nitrogens is 1. The molecule has 0 radical (unpaired) electrons. The molecule has 1 aliphatic rings. The molecule has 168 valence electrons. The topological polar surface area (TPSA) is 58.7 Å². The van der Waals surface area contributed by atoms with Gasteiger partial charge in [0.05, 0.1) is 12.2 Å². The van der Waals surface area contributed by atoms with Crippen LogP contribution >= 0.6 is 11.6 Å². The number of hydrogen-bond acceptors (Lipinski definition) is 5. The molecule has 0 amide bonds. The summed E-state index contributed by atoms with van der Waals surface area (Å²) in [5.74, 6) is -0.860.